The molecule has 0 heterocycles. The molecule has 2 rings (SSSR count). The largest absolute Gasteiger partial charge is 0.469 e. The summed E-state index contributed by atoms with van der Waals surface area (Å²) in [5.74, 6) is -1.36. The predicted octanol–water partition coefficient (Wildman–Crippen LogP) is 2.31. The summed E-state index contributed by atoms with van der Waals surface area (Å²) in [6, 6.07) is 11.8. The lowest BCUT2D eigenvalue weighted by Crippen LogP contribution is -2.49. The molecule has 1 aliphatic rings. The van der Waals surface area contributed by atoms with Gasteiger partial charge in [-0.15, -0.1) is 0 Å². The summed E-state index contributed by atoms with van der Waals surface area (Å²) in [7, 11) is 1.28. The van der Waals surface area contributed by atoms with Crippen LogP contribution >= 0.6 is 0 Å². The average Bonchev–Trinajstić information content (AvgIpc) is 2.41. The molecule has 1 aliphatic carbocycles. The molecule has 0 amide bonds. The van der Waals surface area contributed by atoms with Crippen LogP contribution in [0.5, 0.6) is 0 Å². The number of esters is 1. The number of carbonyl (C=O) groups is 1. The quantitative estimate of drug-likeness (QED) is 0.759. The minimum absolute atomic E-state index is 0.229. The number of rotatable bonds is 2. The fourth-order valence-electron chi connectivity index (χ4n) is 2.65. The molecular formula is C15H14N2O2. The van der Waals surface area contributed by atoms with Gasteiger partial charge in [0, 0.05) is 5.92 Å². The molecule has 0 aliphatic heterocycles. The molecule has 1 aromatic rings. The number of benzene rings is 1. The van der Waals surface area contributed by atoms with E-state index in [9.17, 15) is 15.3 Å². The van der Waals surface area contributed by atoms with Crippen LogP contribution in [0.15, 0.2) is 24.3 Å². The van der Waals surface area contributed by atoms with E-state index in [1.54, 1.807) is 0 Å². The Hall–Kier alpha value is -2.33. The van der Waals surface area contributed by atoms with Crippen LogP contribution in [-0.4, -0.2) is 13.1 Å². The number of methoxy groups -OCH3 is 1. The van der Waals surface area contributed by atoms with Gasteiger partial charge in [0.25, 0.3) is 0 Å². The first-order valence-electron chi connectivity index (χ1n) is 6.06. The highest BCUT2D eigenvalue weighted by molar-refractivity contribution is 5.77. The topological polar surface area (TPSA) is 73.9 Å². The van der Waals surface area contributed by atoms with Crippen LogP contribution in [0.2, 0.25) is 0 Å². The maximum absolute atomic E-state index is 11.6. The van der Waals surface area contributed by atoms with Crippen molar-refractivity contribution in [3.8, 4) is 12.1 Å². The molecule has 1 saturated carbocycles. The minimum atomic E-state index is -1.30. The molecule has 0 saturated heterocycles. The molecule has 0 aromatic heterocycles. The van der Waals surface area contributed by atoms with Crippen molar-refractivity contribution in [2.45, 2.75) is 19.3 Å². The van der Waals surface area contributed by atoms with Gasteiger partial charge in [-0.25, -0.2) is 0 Å². The summed E-state index contributed by atoms with van der Waals surface area (Å²) in [6.07, 6.45) is 0.483. The molecule has 0 radical (unpaired) electrons. The molecule has 1 aromatic carbocycles. The van der Waals surface area contributed by atoms with Crippen LogP contribution < -0.4 is 0 Å². The van der Waals surface area contributed by atoms with Crippen molar-refractivity contribution in [3.05, 3.63) is 35.4 Å². The van der Waals surface area contributed by atoms with Gasteiger partial charge in [0.15, 0.2) is 5.41 Å². The SMILES string of the molecule is COC(=O)C1CC(c2ccc(C)cc2)C1(C#N)C#N. The van der Waals surface area contributed by atoms with Crippen LogP contribution in [0.1, 0.15) is 23.5 Å². The number of nitriles is 2. The standard InChI is InChI=1S/C15H14N2O2/c1-10-3-5-11(6-4-10)12-7-13(14(18)19-2)15(12,8-16)9-17/h3-6,12-13H,7H2,1-2H3. The van der Waals surface area contributed by atoms with E-state index in [1.807, 2.05) is 43.3 Å². The highest BCUT2D eigenvalue weighted by atomic mass is 16.5. The number of hydrogen-bond acceptors (Lipinski definition) is 4. The van der Waals surface area contributed by atoms with E-state index in [2.05, 4.69) is 4.74 Å². The lowest BCUT2D eigenvalue weighted by molar-refractivity contribution is -0.153. The Morgan fingerprint density at radius 1 is 1.32 bits per heavy atom. The first-order chi connectivity index (χ1) is 9.08. The Labute approximate surface area is 112 Å². The van der Waals surface area contributed by atoms with E-state index in [4.69, 9.17) is 0 Å². The molecule has 1 fully saturated rings. The maximum atomic E-state index is 11.6. The lowest BCUT2D eigenvalue weighted by Gasteiger charge is -2.45. The average molecular weight is 254 g/mol. The van der Waals surface area contributed by atoms with Crippen molar-refractivity contribution in [1.82, 2.24) is 0 Å². The minimum Gasteiger partial charge on any atom is -0.469 e. The molecule has 4 nitrogen and oxygen atoms in total. The van der Waals surface area contributed by atoms with Gasteiger partial charge in [0.2, 0.25) is 0 Å². The predicted molar refractivity (Wildman–Crippen MR) is 67.7 cm³/mol. The fraction of sp³-hybridized carbons (Fsp3) is 0.400. The molecule has 0 N–H and O–H groups in total. The normalized spacial score (nSPS) is 23.6. The van der Waals surface area contributed by atoms with E-state index in [-0.39, 0.29) is 5.92 Å². The highest BCUT2D eigenvalue weighted by Crippen LogP contribution is 2.57. The zero-order valence-electron chi connectivity index (χ0n) is 10.9. The van der Waals surface area contributed by atoms with Crippen molar-refractivity contribution in [1.29, 1.82) is 10.5 Å². The van der Waals surface area contributed by atoms with Crippen molar-refractivity contribution in [2.24, 2.45) is 11.3 Å². The van der Waals surface area contributed by atoms with Crippen molar-refractivity contribution in [3.63, 3.8) is 0 Å². The van der Waals surface area contributed by atoms with E-state index < -0.39 is 17.3 Å². The molecular weight excluding hydrogens is 240 g/mol. The highest BCUT2D eigenvalue weighted by Gasteiger charge is 2.60. The molecule has 4 heteroatoms. The lowest BCUT2D eigenvalue weighted by atomic mass is 9.52. The zero-order chi connectivity index (χ0) is 14.0. The molecule has 2 unspecified atom stereocenters. The Bertz CT molecular complexity index is 564. The van der Waals surface area contributed by atoms with E-state index in [0.717, 1.165) is 11.1 Å². The first-order valence-corrected chi connectivity index (χ1v) is 6.06. The van der Waals surface area contributed by atoms with Gasteiger partial charge in [-0.3, -0.25) is 4.79 Å². The smallest absolute Gasteiger partial charge is 0.311 e. The summed E-state index contributed by atoms with van der Waals surface area (Å²) in [6.45, 7) is 1.98. The second-order valence-electron chi connectivity index (χ2n) is 4.87. The van der Waals surface area contributed by atoms with Crippen LogP contribution in [-0.2, 0) is 9.53 Å². The zero-order valence-corrected chi connectivity index (χ0v) is 10.9. The summed E-state index contributed by atoms with van der Waals surface area (Å²) in [4.78, 5) is 11.6. The Morgan fingerprint density at radius 2 is 1.89 bits per heavy atom. The van der Waals surface area contributed by atoms with Crippen molar-refractivity contribution in [2.75, 3.05) is 7.11 Å². The second kappa shape index (κ2) is 4.74. The second-order valence-corrected chi connectivity index (χ2v) is 4.87. The number of aryl methyl sites for hydroxylation is 1. The first kappa shape index (κ1) is 13.1. The van der Waals surface area contributed by atoms with Crippen LogP contribution in [0.3, 0.4) is 0 Å². The molecule has 0 spiro atoms. The molecule has 0 bridgehead atoms. The van der Waals surface area contributed by atoms with Crippen molar-refractivity contribution >= 4 is 5.97 Å². The molecule has 19 heavy (non-hydrogen) atoms. The fourth-order valence-corrected chi connectivity index (χ4v) is 2.65. The third-order valence-corrected chi connectivity index (χ3v) is 3.91. The Balaban J connectivity index is 2.35. The van der Waals surface area contributed by atoms with Gasteiger partial charge in [-0.05, 0) is 18.9 Å². The van der Waals surface area contributed by atoms with Crippen LogP contribution in [0, 0.1) is 40.9 Å². The van der Waals surface area contributed by atoms with Gasteiger partial charge in [0.1, 0.15) is 0 Å². The summed E-state index contributed by atoms with van der Waals surface area (Å²) in [5, 5.41) is 18.7. The monoisotopic (exact) mass is 254 g/mol. The number of hydrogen-bond donors (Lipinski definition) is 0. The van der Waals surface area contributed by atoms with Gasteiger partial charge >= 0.3 is 5.97 Å². The van der Waals surface area contributed by atoms with E-state index in [0.29, 0.717) is 6.42 Å². The summed E-state index contributed by atoms with van der Waals surface area (Å²) < 4.78 is 4.68. The summed E-state index contributed by atoms with van der Waals surface area (Å²) in [5.41, 5.74) is 0.739. The van der Waals surface area contributed by atoms with Crippen LogP contribution in [0.25, 0.3) is 0 Å². The third kappa shape index (κ3) is 1.86. The van der Waals surface area contributed by atoms with E-state index in [1.165, 1.54) is 7.11 Å². The molecule has 96 valence electrons. The van der Waals surface area contributed by atoms with Crippen LogP contribution in [0.4, 0.5) is 0 Å². The number of carbonyl (C=O) groups excluding carboxylic acids is 1. The molecule has 2 atom stereocenters. The van der Waals surface area contributed by atoms with Crippen molar-refractivity contribution < 1.29 is 9.53 Å². The van der Waals surface area contributed by atoms with E-state index >= 15 is 0 Å². The number of ether oxygens (including phenoxy) is 1. The van der Waals surface area contributed by atoms with Gasteiger partial charge in [-0.2, -0.15) is 10.5 Å². The van der Waals surface area contributed by atoms with Gasteiger partial charge in [0.05, 0.1) is 25.2 Å². The maximum Gasteiger partial charge on any atom is 0.311 e. The van der Waals surface area contributed by atoms with Gasteiger partial charge in [-0.1, -0.05) is 29.8 Å². The Morgan fingerprint density at radius 3 is 2.37 bits per heavy atom. The third-order valence-electron chi connectivity index (χ3n) is 3.91. The Kier molecular flexibility index (Phi) is 3.27. The number of nitrogens with zero attached hydrogens (tertiary/aromatic N) is 2. The summed E-state index contributed by atoms with van der Waals surface area (Å²) >= 11 is 0. The van der Waals surface area contributed by atoms with Gasteiger partial charge < -0.3 is 4.74 Å².